The number of benzene rings is 1. The van der Waals surface area contributed by atoms with Crippen molar-refractivity contribution in [3.8, 4) is 0 Å². The molecule has 5 nitrogen and oxygen atoms in total. The Morgan fingerprint density at radius 1 is 1.14 bits per heavy atom. The minimum Gasteiger partial charge on any atom is -0.456 e. The van der Waals surface area contributed by atoms with Gasteiger partial charge in [0.05, 0.1) is 6.10 Å². The topological polar surface area (TPSA) is 58.6 Å². The molecule has 0 bridgehead atoms. The fraction of sp³-hybridized carbons (Fsp3) is 0.500. The molecule has 1 amide bonds. The molecule has 21 heavy (non-hydrogen) atoms. The molecule has 0 aromatic heterocycles. The highest BCUT2D eigenvalue weighted by atomic mass is 16.5. The Kier molecular flexibility index (Phi) is 8.85. The smallest absolute Gasteiger partial charge is 0.397 e. The lowest BCUT2D eigenvalue weighted by Gasteiger charge is -2.13. The van der Waals surface area contributed by atoms with Crippen molar-refractivity contribution in [2.45, 2.75) is 40.3 Å². The molecule has 1 aromatic rings. The number of hydrogen-bond acceptors (Lipinski definition) is 4. The summed E-state index contributed by atoms with van der Waals surface area (Å²) in [6, 6.07) is 7.72. The van der Waals surface area contributed by atoms with Crippen LogP contribution in [0.1, 0.15) is 33.3 Å². The number of ether oxygens (including phenoxy) is 1. The van der Waals surface area contributed by atoms with E-state index in [2.05, 4.69) is 5.32 Å². The molecule has 1 aromatic carbocycles. The third kappa shape index (κ3) is 7.34. The number of hydrogen-bond donors (Lipinski definition) is 1. The van der Waals surface area contributed by atoms with Gasteiger partial charge in [0.25, 0.3) is 0 Å². The average Bonchev–Trinajstić information content (AvgIpc) is 2.46. The first-order chi connectivity index (χ1) is 9.90. The Labute approximate surface area is 127 Å². The quantitative estimate of drug-likeness (QED) is 0.684. The van der Waals surface area contributed by atoms with Crippen LogP contribution in [0.3, 0.4) is 0 Å². The zero-order chi connectivity index (χ0) is 16.4. The van der Waals surface area contributed by atoms with Gasteiger partial charge in [-0.25, -0.2) is 4.79 Å². The highest BCUT2D eigenvalue weighted by molar-refractivity contribution is 6.32. The first-order valence-corrected chi connectivity index (χ1v) is 7.15. The average molecular weight is 294 g/mol. The van der Waals surface area contributed by atoms with Crippen LogP contribution in [0.25, 0.3) is 0 Å². The summed E-state index contributed by atoms with van der Waals surface area (Å²) in [5.74, 6) is -1.56. The highest BCUT2D eigenvalue weighted by Gasteiger charge is 2.15. The van der Waals surface area contributed by atoms with Gasteiger partial charge in [0.1, 0.15) is 0 Å². The van der Waals surface area contributed by atoms with E-state index < -0.39 is 11.9 Å². The minimum atomic E-state index is -0.847. The van der Waals surface area contributed by atoms with E-state index in [0.29, 0.717) is 6.54 Å². The number of carbonyl (C=O) groups excluding carboxylic acids is 2. The van der Waals surface area contributed by atoms with Crippen LogP contribution in [0.4, 0.5) is 5.69 Å². The van der Waals surface area contributed by atoms with E-state index in [1.807, 2.05) is 57.1 Å². The number of amides is 1. The van der Waals surface area contributed by atoms with E-state index in [9.17, 15) is 9.59 Å². The van der Waals surface area contributed by atoms with Gasteiger partial charge in [0.2, 0.25) is 0 Å². The molecule has 0 atom stereocenters. The zero-order valence-electron chi connectivity index (χ0n) is 13.8. The van der Waals surface area contributed by atoms with E-state index in [1.165, 1.54) is 0 Å². The largest absolute Gasteiger partial charge is 0.456 e. The van der Waals surface area contributed by atoms with Crippen LogP contribution in [0.2, 0.25) is 0 Å². The van der Waals surface area contributed by atoms with E-state index >= 15 is 0 Å². The standard InChI is InChI=1S/C14H20N2O3.C2H6/c1-10(2)19-14(18)13(17)15-9-11-5-7-12(8-6-11)16(3)4;1-2/h5-8,10H,9H2,1-4H3,(H,15,17);1-2H3. The third-order valence-corrected chi connectivity index (χ3v) is 2.43. The van der Waals surface area contributed by atoms with Gasteiger partial charge in [0.15, 0.2) is 0 Å². The van der Waals surface area contributed by atoms with Crippen LogP contribution in [0.15, 0.2) is 24.3 Å². The second-order valence-electron chi connectivity index (χ2n) is 4.70. The van der Waals surface area contributed by atoms with E-state index in [1.54, 1.807) is 13.8 Å². The molecule has 0 fully saturated rings. The van der Waals surface area contributed by atoms with E-state index in [-0.39, 0.29) is 6.10 Å². The Balaban J connectivity index is 0.00000191. The molecule has 0 unspecified atom stereocenters. The number of rotatable bonds is 4. The molecule has 118 valence electrons. The van der Waals surface area contributed by atoms with Crippen LogP contribution in [0.5, 0.6) is 0 Å². The maximum atomic E-state index is 11.4. The Bertz CT molecular complexity index is 439. The fourth-order valence-electron chi connectivity index (χ4n) is 1.43. The number of carbonyl (C=O) groups is 2. The summed E-state index contributed by atoms with van der Waals surface area (Å²) in [6.07, 6.45) is -0.294. The van der Waals surface area contributed by atoms with E-state index in [4.69, 9.17) is 4.74 Å². The molecule has 0 saturated carbocycles. The summed E-state index contributed by atoms with van der Waals surface area (Å²) < 4.78 is 4.79. The van der Waals surface area contributed by atoms with Crippen LogP contribution in [-0.2, 0) is 20.9 Å². The van der Waals surface area contributed by atoms with Crippen molar-refractivity contribution < 1.29 is 14.3 Å². The number of anilines is 1. The first-order valence-electron chi connectivity index (χ1n) is 7.15. The SMILES string of the molecule is CC.CC(C)OC(=O)C(=O)NCc1ccc(N(C)C)cc1. The van der Waals surface area contributed by atoms with Crippen molar-refractivity contribution in [3.63, 3.8) is 0 Å². The molecular formula is C16H26N2O3. The van der Waals surface area contributed by atoms with Crippen LogP contribution >= 0.6 is 0 Å². The maximum absolute atomic E-state index is 11.4. The molecule has 0 aliphatic rings. The first kappa shape index (κ1) is 19.0. The molecule has 0 aliphatic heterocycles. The molecule has 0 saturated heterocycles. The summed E-state index contributed by atoms with van der Waals surface area (Å²) in [6.45, 7) is 7.70. The van der Waals surface area contributed by atoms with Gasteiger partial charge in [-0.05, 0) is 31.5 Å². The highest BCUT2D eigenvalue weighted by Crippen LogP contribution is 2.11. The predicted octanol–water partition coefficient (Wildman–Crippen LogP) is 2.35. The molecular weight excluding hydrogens is 268 g/mol. The summed E-state index contributed by atoms with van der Waals surface area (Å²) >= 11 is 0. The molecule has 0 heterocycles. The molecule has 0 aliphatic carbocycles. The van der Waals surface area contributed by atoms with Gasteiger partial charge >= 0.3 is 11.9 Å². The Hall–Kier alpha value is -2.04. The summed E-state index contributed by atoms with van der Waals surface area (Å²) in [5, 5.41) is 2.53. The normalized spacial score (nSPS) is 9.48. The van der Waals surface area contributed by atoms with Gasteiger partial charge in [-0.1, -0.05) is 26.0 Å². The van der Waals surface area contributed by atoms with Crippen molar-refractivity contribution in [3.05, 3.63) is 29.8 Å². The molecule has 1 N–H and O–H groups in total. The molecule has 1 rings (SSSR count). The zero-order valence-corrected chi connectivity index (χ0v) is 13.8. The maximum Gasteiger partial charge on any atom is 0.397 e. The number of nitrogens with one attached hydrogen (secondary N) is 1. The minimum absolute atomic E-state index is 0.294. The second-order valence-corrected chi connectivity index (χ2v) is 4.70. The second kappa shape index (κ2) is 9.80. The van der Waals surface area contributed by atoms with Crippen molar-refractivity contribution in [2.24, 2.45) is 0 Å². The lowest BCUT2D eigenvalue weighted by atomic mass is 10.2. The van der Waals surface area contributed by atoms with Crippen LogP contribution in [0, 0.1) is 0 Å². The third-order valence-electron chi connectivity index (χ3n) is 2.43. The molecule has 0 radical (unpaired) electrons. The van der Waals surface area contributed by atoms with Crippen molar-refractivity contribution in [2.75, 3.05) is 19.0 Å². The number of nitrogens with zero attached hydrogens (tertiary/aromatic N) is 1. The summed E-state index contributed by atoms with van der Waals surface area (Å²) in [7, 11) is 3.91. The Morgan fingerprint density at radius 2 is 1.67 bits per heavy atom. The van der Waals surface area contributed by atoms with Gasteiger partial charge in [-0.3, -0.25) is 4.79 Å². The van der Waals surface area contributed by atoms with Crippen LogP contribution < -0.4 is 10.2 Å². The van der Waals surface area contributed by atoms with Gasteiger partial charge in [-0.15, -0.1) is 0 Å². The van der Waals surface area contributed by atoms with Crippen molar-refractivity contribution in [1.29, 1.82) is 0 Å². The predicted molar refractivity (Wildman–Crippen MR) is 85.2 cm³/mol. The van der Waals surface area contributed by atoms with Gasteiger partial charge in [0, 0.05) is 26.3 Å². The van der Waals surface area contributed by atoms with Crippen molar-refractivity contribution >= 4 is 17.6 Å². The van der Waals surface area contributed by atoms with Gasteiger partial charge < -0.3 is 15.0 Å². The fourth-order valence-corrected chi connectivity index (χ4v) is 1.43. The molecule has 0 spiro atoms. The van der Waals surface area contributed by atoms with Crippen molar-refractivity contribution in [1.82, 2.24) is 5.32 Å². The van der Waals surface area contributed by atoms with Gasteiger partial charge in [-0.2, -0.15) is 0 Å². The Morgan fingerprint density at radius 3 is 2.10 bits per heavy atom. The van der Waals surface area contributed by atoms with Crippen LogP contribution in [-0.4, -0.2) is 32.1 Å². The lowest BCUT2D eigenvalue weighted by Crippen LogP contribution is -2.33. The van der Waals surface area contributed by atoms with E-state index in [0.717, 1.165) is 11.3 Å². The summed E-state index contributed by atoms with van der Waals surface area (Å²) in [4.78, 5) is 24.7. The lowest BCUT2D eigenvalue weighted by molar-refractivity contribution is -0.157. The monoisotopic (exact) mass is 294 g/mol. The molecule has 5 heteroatoms. The number of esters is 1. The summed E-state index contributed by atoms with van der Waals surface area (Å²) in [5.41, 5.74) is 2.01.